The Balaban J connectivity index is 1.99. The monoisotopic (exact) mass is 258 g/mol. The zero-order valence-corrected chi connectivity index (χ0v) is 10.1. The van der Waals surface area contributed by atoms with Gasteiger partial charge in [0, 0.05) is 26.1 Å². The fraction of sp³-hybridized carbons (Fsp3) is 0.818. The van der Waals surface area contributed by atoms with Crippen molar-refractivity contribution >= 4 is 12.0 Å². The van der Waals surface area contributed by atoms with Crippen LogP contribution in [0.2, 0.25) is 0 Å². The summed E-state index contributed by atoms with van der Waals surface area (Å²) >= 11 is 0. The third kappa shape index (κ3) is 2.56. The van der Waals surface area contributed by atoms with Crippen LogP contribution in [0.25, 0.3) is 0 Å². The highest BCUT2D eigenvalue weighted by atomic mass is 16.5. The van der Waals surface area contributed by atoms with Gasteiger partial charge in [0.15, 0.2) is 5.54 Å². The van der Waals surface area contributed by atoms with Gasteiger partial charge in [0.05, 0.1) is 12.7 Å². The number of piperidine rings is 1. The number of aliphatic carboxylic acids is 1. The van der Waals surface area contributed by atoms with Crippen LogP contribution in [0.1, 0.15) is 19.3 Å². The molecule has 3 N–H and O–H groups in total. The number of carboxylic acid groups (broad SMARTS) is 1. The summed E-state index contributed by atoms with van der Waals surface area (Å²) < 4.78 is 5.07. The smallest absolute Gasteiger partial charge is 0.332 e. The van der Waals surface area contributed by atoms with Gasteiger partial charge in [-0.2, -0.15) is 0 Å². The summed E-state index contributed by atoms with van der Waals surface area (Å²) in [7, 11) is 0. The highest BCUT2D eigenvalue weighted by Gasteiger charge is 2.44. The molecule has 0 aromatic carbocycles. The lowest BCUT2D eigenvalue weighted by Gasteiger charge is -2.33. The lowest BCUT2D eigenvalue weighted by Crippen LogP contribution is -2.59. The molecule has 0 saturated carbocycles. The average Bonchev–Trinajstić information content (AvgIpc) is 2.79. The molecule has 2 rings (SSSR count). The summed E-state index contributed by atoms with van der Waals surface area (Å²) in [6, 6.07) is -0.443. The van der Waals surface area contributed by atoms with Gasteiger partial charge < -0.3 is 25.2 Å². The van der Waals surface area contributed by atoms with Crippen molar-refractivity contribution in [1.82, 2.24) is 10.2 Å². The second-order valence-electron chi connectivity index (χ2n) is 4.86. The SMILES string of the molecule is O=C(NC1(C(=O)O)CCOC1)N1CCCC(O)C1. The van der Waals surface area contributed by atoms with E-state index in [1.807, 2.05) is 0 Å². The lowest BCUT2D eigenvalue weighted by atomic mass is 9.99. The average molecular weight is 258 g/mol. The predicted octanol–water partition coefficient (Wildman–Crippen LogP) is -0.604. The van der Waals surface area contributed by atoms with Crippen LogP contribution in [-0.4, -0.2) is 65.1 Å². The molecule has 0 bridgehead atoms. The summed E-state index contributed by atoms with van der Waals surface area (Å²) in [6.45, 7) is 1.11. The molecule has 2 fully saturated rings. The minimum atomic E-state index is -1.32. The van der Waals surface area contributed by atoms with E-state index in [0.29, 0.717) is 19.6 Å². The molecule has 7 nitrogen and oxygen atoms in total. The molecule has 2 saturated heterocycles. The van der Waals surface area contributed by atoms with Crippen molar-refractivity contribution < 1.29 is 24.5 Å². The number of nitrogens with one attached hydrogen (secondary N) is 1. The first-order valence-corrected chi connectivity index (χ1v) is 6.10. The van der Waals surface area contributed by atoms with Crippen molar-refractivity contribution in [2.75, 3.05) is 26.3 Å². The minimum Gasteiger partial charge on any atom is -0.479 e. The number of carboxylic acids is 1. The fourth-order valence-corrected chi connectivity index (χ4v) is 2.31. The van der Waals surface area contributed by atoms with E-state index in [1.165, 1.54) is 4.90 Å². The molecule has 2 unspecified atom stereocenters. The zero-order chi connectivity index (χ0) is 13.2. The van der Waals surface area contributed by atoms with Crippen LogP contribution in [0, 0.1) is 0 Å². The number of urea groups is 1. The first-order valence-electron chi connectivity index (χ1n) is 6.10. The van der Waals surface area contributed by atoms with Crippen LogP contribution >= 0.6 is 0 Å². The Bertz CT molecular complexity index is 340. The molecule has 2 heterocycles. The van der Waals surface area contributed by atoms with E-state index in [0.717, 1.165) is 6.42 Å². The van der Waals surface area contributed by atoms with E-state index in [4.69, 9.17) is 4.74 Å². The number of aliphatic hydroxyl groups excluding tert-OH is 1. The highest BCUT2D eigenvalue weighted by molar-refractivity contribution is 5.86. The third-order valence-corrected chi connectivity index (χ3v) is 3.46. The number of hydrogen-bond donors (Lipinski definition) is 3. The van der Waals surface area contributed by atoms with Gasteiger partial charge >= 0.3 is 12.0 Å². The molecule has 0 aromatic rings. The number of rotatable bonds is 2. The van der Waals surface area contributed by atoms with Crippen molar-refractivity contribution in [3.8, 4) is 0 Å². The number of carbonyl (C=O) groups is 2. The number of amides is 2. The second-order valence-corrected chi connectivity index (χ2v) is 4.86. The Morgan fingerprint density at radius 1 is 1.44 bits per heavy atom. The summed E-state index contributed by atoms with van der Waals surface area (Å²) in [5.74, 6) is -1.08. The molecule has 0 aliphatic carbocycles. The summed E-state index contributed by atoms with van der Waals surface area (Å²) in [6.07, 6.45) is 1.15. The maximum Gasteiger partial charge on any atom is 0.332 e. The van der Waals surface area contributed by atoms with Crippen molar-refractivity contribution in [3.63, 3.8) is 0 Å². The molecular weight excluding hydrogens is 240 g/mol. The number of carbonyl (C=O) groups excluding carboxylic acids is 1. The van der Waals surface area contributed by atoms with Crippen LogP contribution in [0.3, 0.4) is 0 Å². The Labute approximate surface area is 105 Å². The zero-order valence-electron chi connectivity index (χ0n) is 10.1. The number of β-amino-alcohol motifs (C(OH)–C–C–N with tert-alkyl or cyclic N) is 1. The summed E-state index contributed by atoms with van der Waals surface area (Å²) in [5, 5.41) is 21.2. The van der Waals surface area contributed by atoms with E-state index in [-0.39, 0.29) is 19.6 Å². The number of aliphatic hydroxyl groups is 1. The molecular formula is C11H18N2O5. The van der Waals surface area contributed by atoms with E-state index in [1.54, 1.807) is 0 Å². The van der Waals surface area contributed by atoms with Gasteiger partial charge in [-0.1, -0.05) is 0 Å². The van der Waals surface area contributed by atoms with Gasteiger partial charge in [-0.25, -0.2) is 9.59 Å². The number of likely N-dealkylation sites (tertiary alicyclic amines) is 1. The third-order valence-electron chi connectivity index (χ3n) is 3.46. The molecule has 0 radical (unpaired) electrons. The first-order chi connectivity index (χ1) is 8.53. The maximum atomic E-state index is 12.0. The predicted molar refractivity (Wildman–Crippen MR) is 61.1 cm³/mol. The fourth-order valence-electron chi connectivity index (χ4n) is 2.31. The van der Waals surface area contributed by atoms with Crippen LogP contribution in [-0.2, 0) is 9.53 Å². The Kier molecular flexibility index (Phi) is 3.72. The van der Waals surface area contributed by atoms with Gasteiger partial charge in [0.25, 0.3) is 0 Å². The van der Waals surface area contributed by atoms with Crippen LogP contribution in [0.5, 0.6) is 0 Å². The van der Waals surface area contributed by atoms with Crippen LogP contribution in [0.4, 0.5) is 4.79 Å². The first kappa shape index (κ1) is 13.1. The van der Waals surface area contributed by atoms with E-state index < -0.39 is 23.6 Å². The normalized spacial score (nSPS) is 32.3. The topological polar surface area (TPSA) is 99.1 Å². The van der Waals surface area contributed by atoms with Crippen molar-refractivity contribution in [3.05, 3.63) is 0 Å². The number of ether oxygens (including phenoxy) is 1. The minimum absolute atomic E-state index is 0.00946. The molecule has 2 amide bonds. The van der Waals surface area contributed by atoms with E-state index in [9.17, 15) is 19.8 Å². The van der Waals surface area contributed by atoms with Crippen LogP contribution < -0.4 is 5.32 Å². The Morgan fingerprint density at radius 3 is 2.78 bits per heavy atom. The van der Waals surface area contributed by atoms with E-state index in [2.05, 4.69) is 5.32 Å². The summed E-state index contributed by atoms with van der Waals surface area (Å²) in [5.41, 5.74) is -1.32. The van der Waals surface area contributed by atoms with Gasteiger partial charge in [-0.15, -0.1) is 0 Å². The van der Waals surface area contributed by atoms with Crippen molar-refractivity contribution in [2.45, 2.75) is 30.9 Å². The Morgan fingerprint density at radius 2 is 2.22 bits per heavy atom. The summed E-state index contributed by atoms with van der Waals surface area (Å²) in [4.78, 5) is 24.7. The standard InChI is InChI=1S/C11H18N2O5/c14-8-2-1-4-13(6-8)10(17)12-11(9(15)16)3-5-18-7-11/h8,14H,1-7H2,(H,12,17)(H,15,16). The molecule has 102 valence electrons. The largest absolute Gasteiger partial charge is 0.479 e. The molecule has 2 aliphatic rings. The van der Waals surface area contributed by atoms with Gasteiger partial charge in [0.1, 0.15) is 0 Å². The number of hydrogen-bond acceptors (Lipinski definition) is 4. The van der Waals surface area contributed by atoms with Gasteiger partial charge in [-0.3, -0.25) is 0 Å². The quantitative estimate of drug-likeness (QED) is 0.614. The number of nitrogens with zero attached hydrogens (tertiary/aromatic N) is 1. The lowest BCUT2D eigenvalue weighted by molar-refractivity contribution is -0.144. The van der Waals surface area contributed by atoms with E-state index >= 15 is 0 Å². The molecule has 0 aromatic heterocycles. The van der Waals surface area contributed by atoms with Gasteiger partial charge in [0.2, 0.25) is 0 Å². The highest BCUT2D eigenvalue weighted by Crippen LogP contribution is 2.20. The molecule has 0 spiro atoms. The second kappa shape index (κ2) is 5.11. The molecule has 2 aliphatic heterocycles. The Hall–Kier alpha value is -1.34. The molecule has 7 heteroatoms. The van der Waals surface area contributed by atoms with Gasteiger partial charge in [-0.05, 0) is 12.8 Å². The van der Waals surface area contributed by atoms with Crippen molar-refractivity contribution in [1.29, 1.82) is 0 Å². The van der Waals surface area contributed by atoms with Crippen molar-refractivity contribution in [2.24, 2.45) is 0 Å². The molecule has 18 heavy (non-hydrogen) atoms. The molecule has 2 atom stereocenters. The van der Waals surface area contributed by atoms with Crippen LogP contribution in [0.15, 0.2) is 0 Å². The maximum absolute atomic E-state index is 12.0.